The molecule has 10 rings (SSSR count). The van der Waals surface area contributed by atoms with Gasteiger partial charge in [0.05, 0.1) is 101 Å². The van der Waals surface area contributed by atoms with E-state index in [0.717, 1.165) is 160 Å². The van der Waals surface area contributed by atoms with Crippen LogP contribution in [0.25, 0.3) is 0 Å². The number of piperazine rings is 6. The lowest BCUT2D eigenvalue weighted by Crippen LogP contribution is -2.73. The van der Waals surface area contributed by atoms with Gasteiger partial charge in [-0.25, -0.2) is 0 Å². The molecule has 93 heavy (non-hydrogen) atoms. The number of carbonyl (C=O) groups excluding carboxylic acids is 2. The minimum absolute atomic E-state index is 0.249. The Morgan fingerprint density at radius 3 is 1.45 bits per heavy atom. The molecule has 514 valence electrons. The number of rotatable bonds is 24. The number of carbonyl (C=O) groups is 2. The molecule has 2 unspecified atom stereocenters. The third-order valence-corrected chi connectivity index (χ3v) is 34.5. The molecule has 0 aliphatic carbocycles. The van der Waals surface area contributed by atoms with Crippen LogP contribution in [0.5, 0.6) is 0 Å². The van der Waals surface area contributed by atoms with Crippen LogP contribution in [0.3, 0.4) is 0 Å². The maximum atomic E-state index is 13.8. The zero-order chi connectivity index (χ0) is 66.5. The lowest BCUT2D eigenvalue weighted by molar-refractivity contribution is -1.03. The van der Waals surface area contributed by atoms with Crippen molar-refractivity contribution in [1.82, 2.24) is 20.4 Å². The fourth-order valence-electron chi connectivity index (χ4n) is 16.7. The van der Waals surface area contributed by atoms with Crippen molar-refractivity contribution in [2.24, 2.45) is 0 Å². The van der Waals surface area contributed by atoms with Gasteiger partial charge in [-0.05, 0) is 194 Å². The summed E-state index contributed by atoms with van der Waals surface area (Å²) in [6.45, 7) is 32.5. The highest BCUT2D eigenvalue weighted by molar-refractivity contribution is 14.1. The monoisotopic (exact) mass is 2000 g/mol. The highest BCUT2D eigenvalue weighted by Gasteiger charge is 2.51. The lowest BCUT2D eigenvalue weighted by Gasteiger charge is -2.53. The predicted octanol–water partition coefficient (Wildman–Crippen LogP) is 9.64. The van der Waals surface area contributed by atoms with Gasteiger partial charge in [0.2, 0.25) is 17.5 Å². The summed E-state index contributed by atoms with van der Waals surface area (Å²) in [5.74, 6) is -0.129. The van der Waals surface area contributed by atoms with Gasteiger partial charge in [0.15, 0.2) is 5.71 Å². The second-order valence-corrected chi connectivity index (χ2v) is 38.2. The van der Waals surface area contributed by atoms with E-state index < -0.39 is 31.1 Å². The van der Waals surface area contributed by atoms with E-state index in [-0.39, 0.29) is 36.2 Å². The standard InChI is InChI=1S/C67H97I6N10O8S2/c1-66(20-12-6-10-18-58(84)76-28-36-82(37-29-76)44-40-80(41-45-82)32-22-74-23-33-80)56(78(26-14-48-92(86,87)88)54-50-52(68)62(70)64(72)60(54)66)16-8-4-3-5-9-17-57-67(2,61-55(51-53(69)63(71)65(61)73)79(57)27-15-49-93(89,90)91)21-13-7-11-19-59(85)77-30-38-83(39-31-77)46-42-81(43-47-83)34-24-75-25-35-81/h3-5,8-9,16-17,50-51,74-75H,6-7,10-15,18-49H2,1-2H3/q+3/p+2. The molecule has 6 saturated heterocycles. The fourth-order valence-corrected chi connectivity index (χ4v) is 23.0. The summed E-state index contributed by atoms with van der Waals surface area (Å²) in [6, 6.07) is 4.42. The van der Waals surface area contributed by atoms with Crippen LogP contribution < -0.4 is 15.5 Å². The van der Waals surface area contributed by atoms with E-state index in [1.165, 1.54) is 122 Å². The van der Waals surface area contributed by atoms with Gasteiger partial charge in [-0.1, -0.05) is 56.1 Å². The van der Waals surface area contributed by atoms with Crippen molar-refractivity contribution in [2.75, 3.05) is 187 Å². The maximum absolute atomic E-state index is 13.8. The molecule has 2 atom stereocenters. The van der Waals surface area contributed by atoms with Crippen LogP contribution in [0.15, 0.2) is 60.4 Å². The summed E-state index contributed by atoms with van der Waals surface area (Å²) in [4.78, 5) is 34.0. The van der Waals surface area contributed by atoms with Gasteiger partial charge in [0.1, 0.15) is 58.9 Å². The number of amides is 2. The van der Waals surface area contributed by atoms with E-state index in [9.17, 15) is 35.5 Å². The predicted molar refractivity (Wildman–Crippen MR) is 423 cm³/mol. The van der Waals surface area contributed by atoms with Crippen LogP contribution in [0.4, 0.5) is 11.4 Å². The number of anilines is 1. The largest absolute Gasteiger partial charge is 0.344 e. The molecule has 18 nitrogen and oxygen atoms in total. The molecule has 0 radical (unpaired) electrons. The van der Waals surface area contributed by atoms with Crippen molar-refractivity contribution in [1.29, 1.82) is 0 Å². The Bertz CT molecular complexity index is 3450. The molecule has 2 amide bonds. The van der Waals surface area contributed by atoms with E-state index in [1.54, 1.807) is 0 Å². The van der Waals surface area contributed by atoms with Crippen molar-refractivity contribution in [3.05, 3.63) is 92.9 Å². The summed E-state index contributed by atoms with van der Waals surface area (Å²) >= 11 is 14.6. The number of fused-ring (bicyclic) bond motifs is 2. The number of nitrogens with zero attached hydrogens (tertiary/aromatic N) is 8. The summed E-state index contributed by atoms with van der Waals surface area (Å²) in [5.41, 5.74) is 5.82. The number of halogens is 6. The fraction of sp³-hybridized carbons (Fsp3) is 0.657. The quantitative estimate of drug-likeness (QED) is 0.0150. The molecule has 2 aromatic carbocycles. The maximum Gasteiger partial charge on any atom is 0.265 e. The van der Waals surface area contributed by atoms with Crippen molar-refractivity contribution < 1.29 is 58.0 Å². The molecular formula is C67H99I6N10O8S2+5. The van der Waals surface area contributed by atoms with Crippen LogP contribution in [0.2, 0.25) is 0 Å². The number of nitrogens with one attached hydrogen (secondary N) is 2. The first-order valence-electron chi connectivity index (χ1n) is 34.0. The Morgan fingerprint density at radius 1 is 0.527 bits per heavy atom. The first-order chi connectivity index (χ1) is 44.2. The highest BCUT2D eigenvalue weighted by Crippen LogP contribution is 2.54. The number of allylic oxidation sites excluding steroid dienone is 8. The third kappa shape index (κ3) is 18.2. The van der Waals surface area contributed by atoms with Crippen LogP contribution in [-0.2, 0) is 40.7 Å². The second-order valence-electron chi connectivity index (χ2n) is 28.4. The summed E-state index contributed by atoms with van der Waals surface area (Å²) < 4.78 is 82.3. The average Bonchev–Trinajstić information content (AvgIpc) is 1.59. The number of hydrogen-bond donors (Lipinski definition) is 4. The first-order valence-corrected chi connectivity index (χ1v) is 43.7. The molecular weight excluding hydrogens is 1900 g/mol. The molecule has 26 heteroatoms. The Hall–Kier alpha value is -0.230. The first kappa shape index (κ1) is 75.4. The normalized spacial score (nSPS) is 24.9. The van der Waals surface area contributed by atoms with Crippen LogP contribution >= 0.6 is 136 Å². The van der Waals surface area contributed by atoms with Crippen LogP contribution in [0.1, 0.15) is 102 Å². The summed E-state index contributed by atoms with van der Waals surface area (Å²) in [5, 5.41) is 7.08. The van der Waals surface area contributed by atoms with Crippen molar-refractivity contribution >= 4 is 185 Å². The Labute approximate surface area is 636 Å². The Balaban J connectivity index is 0.810. The molecule has 8 aliphatic heterocycles. The molecule has 2 aromatic rings. The second kappa shape index (κ2) is 32.4. The molecule has 6 fully saturated rings. The van der Waals surface area contributed by atoms with E-state index in [0.29, 0.717) is 25.9 Å². The summed E-state index contributed by atoms with van der Waals surface area (Å²) in [7, 11) is -8.36. The van der Waals surface area contributed by atoms with Crippen molar-refractivity contribution in [2.45, 2.75) is 102 Å². The molecule has 4 spiro atoms. The molecule has 0 aromatic heterocycles. The highest BCUT2D eigenvalue weighted by atomic mass is 127. The van der Waals surface area contributed by atoms with Gasteiger partial charge < -0.3 is 43.3 Å². The zero-order valence-corrected chi connectivity index (χ0v) is 69.1. The molecule has 8 heterocycles. The van der Waals surface area contributed by atoms with Gasteiger partial charge in [-0.3, -0.25) is 18.7 Å². The SMILES string of the molecule is CC1(CCCCCC(=O)N2CC[N+]3(CC2)CC[N+]2(CCNCC2)CC3)C(/C=C/C=C/C=C/C=C2\N(CCCS(=O)(=O)O)c3cc(I)c(I)c(I)c3C2(C)CCCCCC(=O)N2CC[N+]3(CC2)CC[N+]2(CCNCC2)CC3)=[N+](CCCS(=O)(=O)O)c2cc(I)c(I)c(I)c21. The average molecular weight is 2000 g/mol. The van der Waals surface area contributed by atoms with Crippen molar-refractivity contribution in [3.63, 3.8) is 0 Å². The van der Waals surface area contributed by atoms with Gasteiger partial charge in [0, 0.05) is 108 Å². The molecule has 0 saturated carbocycles. The van der Waals surface area contributed by atoms with E-state index >= 15 is 0 Å². The van der Waals surface area contributed by atoms with E-state index in [2.05, 4.69) is 216 Å². The Morgan fingerprint density at radius 2 is 0.957 bits per heavy atom. The number of unbranched alkanes of at least 4 members (excludes halogenated alkanes) is 4. The van der Waals surface area contributed by atoms with Gasteiger partial charge in [-0.2, -0.15) is 21.4 Å². The topological polar surface area (TPSA) is 180 Å². The minimum Gasteiger partial charge on any atom is -0.344 e. The third-order valence-electron chi connectivity index (χ3n) is 22.7. The van der Waals surface area contributed by atoms with Gasteiger partial charge in [0.25, 0.3) is 20.2 Å². The number of hydrogen-bond acceptors (Lipinski definition) is 9. The van der Waals surface area contributed by atoms with Crippen LogP contribution in [0, 0.1) is 21.4 Å². The van der Waals surface area contributed by atoms with Crippen LogP contribution in [-0.4, -0.2) is 257 Å². The zero-order valence-electron chi connectivity index (χ0n) is 54.5. The lowest BCUT2D eigenvalue weighted by atomic mass is 9.75. The number of quaternary nitrogens is 4. The van der Waals surface area contributed by atoms with E-state index in [4.69, 9.17) is 0 Å². The smallest absolute Gasteiger partial charge is 0.265 e. The summed E-state index contributed by atoms with van der Waals surface area (Å²) in [6.07, 6.45) is 23.1. The number of benzene rings is 2. The molecule has 0 bridgehead atoms. The molecule has 8 aliphatic rings. The van der Waals surface area contributed by atoms with Crippen molar-refractivity contribution in [3.8, 4) is 0 Å². The Kier molecular flexibility index (Phi) is 26.3. The minimum atomic E-state index is -4.18. The van der Waals surface area contributed by atoms with Gasteiger partial charge >= 0.3 is 0 Å². The van der Waals surface area contributed by atoms with Gasteiger partial charge in [-0.15, -0.1) is 0 Å². The molecule has 4 N–H and O–H groups in total. The van der Waals surface area contributed by atoms with E-state index in [1.807, 2.05) is 18.2 Å².